The molecular weight excluding hydrogens is 302 g/mol. The zero-order chi connectivity index (χ0) is 16.8. The molecule has 0 bridgehead atoms. The zero-order valence-electron chi connectivity index (χ0n) is 12.3. The highest BCUT2D eigenvalue weighted by atomic mass is 16.4. The summed E-state index contributed by atoms with van der Waals surface area (Å²) in [6.07, 6.45) is 0.786. The lowest BCUT2D eigenvalue weighted by Crippen LogP contribution is -2.43. The van der Waals surface area contributed by atoms with Crippen LogP contribution < -0.4 is 16.0 Å². The number of nitrogens with one attached hydrogen (secondary N) is 3. The SMILES string of the molecule is CC1(c2cccc(C(=O)NC3(C(=O)O)CC3)c2)NC(=O)NC1=O. The number of benzene rings is 1. The molecule has 8 nitrogen and oxygen atoms in total. The number of urea groups is 1. The first-order valence-electron chi connectivity index (χ1n) is 7.07. The Morgan fingerprint density at radius 2 is 1.96 bits per heavy atom. The fourth-order valence-electron chi connectivity index (χ4n) is 2.52. The molecule has 1 aliphatic heterocycles. The Balaban J connectivity index is 1.86. The van der Waals surface area contributed by atoms with E-state index in [1.165, 1.54) is 19.1 Å². The average molecular weight is 317 g/mol. The second-order valence-electron chi connectivity index (χ2n) is 5.96. The molecule has 0 spiro atoms. The second kappa shape index (κ2) is 4.80. The Labute approximate surface area is 131 Å². The number of amides is 4. The standard InChI is InChI=1S/C15H15N3O5/c1-14(11(20)16-13(23)18-14)9-4-2-3-8(7-9)10(19)17-15(5-6-15)12(21)22/h2-4,7H,5-6H2,1H3,(H,17,19)(H,21,22)(H2,16,18,20,23). The highest BCUT2D eigenvalue weighted by Gasteiger charge is 2.51. The Morgan fingerprint density at radius 1 is 1.26 bits per heavy atom. The van der Waals surface area contributed by atoms with E-state index < -0.39 is 34.9 Å². The first kappa shape index (κ1) is 15.0. The summed E-state index contributed by atoms with van der Waals surface area (Å²) in [6, 6.07) is 5.59. The lowest BCUT2D eigenvalue weighted by molar-refractivity contribution is -0.140. The molecule has 1 aliphatic carbocycles. The van der Waals surface area contributed by atoms with Crippen LogP contribution in [-0.2, 0) is 15.1 Å². The van der Waals surface area contributed by atoms with Gasteiger partial charge in [-0.05, 0) is 37.5 Å². The molecule has 4 N–H and O–H groups in total. The Kier molecular flexibility index (Phi) is 3.13. The number of carbonyl (C=O) groups excluding carboxylic acids is 3. The van der Waals surface area contributed by atoms with Gasteiger partial charge >= 0.3 is 12.0 Å². The number of carbonyl (C=O) groups is 4. The van der Waals surface area contributed by atoms with Crippen LogP contribution in [0.1, 0.15) is 35.7 Å². The minimum Gasteiger partial charge on any atom is -0.480 e. The quantitative estimate of drug-likeness (QED) is 0.586. The largest absolute Gasteiger partial charge is 0.480 e. The van der Waals surface area contributed by atoms with Crippen molar-refractivity contribution in [2.45, 2.75) is 30.8 Å². The summed E-state index contributed by atoms with van der Waals surface area (Å²) in [7, 11) is 0. The van der Waals surface area contributed by atoms with E-state index in [0.717, 1.165) is 0 Å². The van der Waals surface area contributed by atoms with Crippen molar-refractivity contribution in [3.63, 3.8) is 0 Å². The summed E-state index contributed by atoms with van der Waals surface area (Å²) in [5.41, 5.74) is -1.79. The van der Waals surface area contributed by atoms with Gasteiger partial charge in [-0.25, -0.2) is 9.59 Å². The molecule has 1 heterocycles. The van der Waals surface area contributed by atoms with Crippen molar-refractivity contribution < 1.29 is 24.3 Å². The molecule has 1 unspecified atom stereocenters. The monoisotopic (exact) mass is 317 g/mol. The summed E-state index contributed by atoms with van der Waals surface area (Å²) >= 11 is 0. The minimum absolute atomic E-state index is 0.227. The molecule has 1 atom stereocenters. The fourth-order valence-corrected chi connectivity index (χ4v) is 2.52. The summed E-state index contributed by atoms with van der Waals surface area (Å²) < 4.78 is 0. The molecule has 120 valence electrons. The third-order valence-electron chi connectivity index (χ3n) is 4.26. The molecule has 1 aromatic carbocycles. The van der Waals surface area contributed by atoms with Crippen LogP contribution >= 0.6 is 0 Å². The normalized spacial score (nSPS) is 24.6. The molecule has 0 radical (unpaired) electrons. The van der Waals surface area contributed by atoms with Gasteiger partial charge in [-0.3, -0.25) is 14.9 Å². The van der Waals surface area contributed by atoms with Crippen molar-refractivity contribution in [1.29, 1.82) is 0 Å². The van der Waals surface area contributed by atoms with Crippen molar-refractivity contribution >= 4 is 23.8 Å². The maximum absolute atomic E-state index is 12.3. The smallest absolute Gasteiger partial charge is 0.329 e. The van der Waals surface area contributed by atoms with E-state index in [0.29, 0.717) is 18.4 Å². The predicted molar refractivity (Wildman–Crippen MR) is 77.5 cm³/mol. The van der Waals surface area contributed by atoms with Crippen molar-refractivity contribution in [2.75, 3.05) is 0 Å². The van der Waals surface area contributed by atoms with Crippen molar-refractivity contribution in [2.24, 2.45) is 0 Å². The molecule has 1 aromatic rings. The molecule has 0 aromatic heterocycles. The van der Waals surface area contributed by atoms with Gasteiger partial charge in [0.15, 0.2) is 0 Å². The number of hydrogen-bond donors (Lipinski definition) is 4. The molecule has 4 amide bonds. The molecule has 3 rings (SSSR count). The molecule has 2 fully saturated rings. The molecular formula is C15H15N3O5. The highest BCUT2D eigenvalue weighted by Crippen LogP contribution is 2.36. The summed E-state index contributed by atoms with van der Waals surface area (Å²) in [4.78, 5) is 46.7. The first-order valence-corrected chi connectivity index (χ1v) is 7.07. The summed E-state index contributed by atoms with van der Waals surface area (Å²) in [5.74, 6) is -2.10. The van der Waals surface area contributed by atoms with E-state index in [4.69, 9.17) is 5.11 Å². The number of imide groups is 1. The van der Waals surface area contributed by atoms with Gasteiger partial charge in [0.25, 0.3) is 11.8 Å². The van der Waals surface area contributed by atoms with E-state index in [1.54, 1.807) is 12.1 Å². The minimum atomic E-state index is -1.27. The first-order chi connectivity index (χ1) is 10.8. The van der Waals surface area contributed by atoms with Crippen LogP contribution in [0, 0.1) is 0 Å². The van der Waals surface area contributed by atoms with Crippen LogP contribution in [0.5, 0.6) is 0 Å². The number of aliphatic carboxylic acids is 1. The Hall–Kier alpha value is -2.90. The lowest BCUT2D eigenvalue weighted by Gasteiger charge is -2.22. The van der Waals surface area contributed by atoms with E-state index in [-0.39, 0.29) is 5.56 Å². The average Bonchev–Trinajstić information content (AvgIpc) is 3.22. The maximum Gasteiger partial charge on any atom is 0.329 e. The topological polar surface area (TPSA) is 125 Å². The highest BCUT2D eigenvalue weighted by molar-refractivity contribution is 6.07. The number of carboxylic acids is 1. The summed E-state index contributed by atoms with van der Waals surface area (Å²) in [5, 5.41) is 16.3. The van der Waals surface area contributed by atoms with E-state index in [9.17, 15) is 19.2 Å². The third kappa shape index (κ3) is 2.41. The predicted octanol–water partition coefficient (Wildman–Crippen LogP) is 0.0882. The van der Waals surface area contributed by atoms with Gasteiger partial charge in [0, 0.05) is 5.56 Å². The third-order valence-corrected chi connectivity index (χ3v) is 4.26. The Bertz CT molecular complexity index is 740. The van der Waals surface area contributed by atoms with Crippen molar-refractivity contribution in [1.82, 2.24) is 16.0 Å². The van der Waals surface area contributed by atoms with Gasteiger partial charge in [-0.1, -0.05) is 12.1 Å². The van der Waals surface area contributed by atoms with Gasteiger partial charge in [-0.15, -0.1) is 0 Å². The van der Waals surface area contributed by atoms with Crippen molar-refractivity contribution in [3.05, 3.63) is 35.4 Å². The van der Waals surface area contributed by atoms with Crippen molar-refractivity contribution in [3.8, 4) is 0 Å². The molecule has 2 aliphatic rings. The molecule has 23 heavy (non-hydrogen) atoms. The van der Waals surface area contributed by atoms with Crippen LogP contribution in [0.3, 0.4) is 0 Å². The zero-order valence-corrected chi connectivity index (χ0v) is 12.3. The van der Waals surface area contributed by atoms with Gasteiger partial charge in [0.05, 0.1) is 0 Å². The van der Waals surface area contributed by atoms with Gasteiger partial charge in [-0.2, -0.15) is 0 Å². The maximum atomic E-state index is 12.3. The van der Waals surface area contributed by atoms with Gasteiger partial charge in [0.1, 0.15) is 11.1 Å². The summed E-state index contributed by atoms with van der Waals surface area (Å²) in [6.45, 7) is 1.53. The molecule has 1 saturated carbocycles. The van der Waals surface area contributed by atoms with E-state index in [1.807, 2.05) is 0 Å². The van der Waals surface area contributed by atoms with Crippen LogP contribution in [-0.4, -0.2) is 34.5 Å². The molecule has 8 heteroatoms. The molecule has 1 saturated heterocycles. The fraction of sp³-hybridized carbons (Fsp3) is 0.333. The van der Waals surface area contributed by atoms with Crippen LogP contribution in [0.15, 0.2) is 24.3 Å². The second-order valence-corrected chi connectivity index (χ2v) is 5.96. The van der Waals surface area contributed by atoms with Gasteiger partial charge in [0.2, 0.25) is 0 Å². The lowest BCUT2D eigenvalue weighted by atomic mass is 9.91. The van der Waals surface area contributed by atoms with Crippen LogP contribution in [0.4, 0.5) is 4.79 Å². The number of carboxylic acid groups (broad SMARTS) is 1. The number of hydrogen-bond acceptors (Lipinski definition) is 4. The Morgan fingerprint density at radius 3 is 2.48 bits per heavy atom. The van der Waals surface area contributed by atoms with Gasteiger partial charge < -0.3 is 15.7 Å². The number of rotatable bonds is 4. The van der Waals surface area contributed by atoms with Crippen LogP contribution in [0.25, 0.3) is 0 Å². The van der Waals surface area contributed by atoms with E-state index >= 15 is 0 Å². The van der Waals surface area contributed by atoms with Crippen LogP contribution in [0.2, 0.25) is 0 Å². The van der Waals surface area contributed by atoms with E-state index in [2.05, 4.69) is 16.0 Å².